The van der Waals surface area contributed by atoms with E-state index in [0.29, 0.717) is 0 Å². The molecule has 1 aromatic heterocycles. The van der Waals surface area contributed by atoms with Gasteiger partial charge in [0.1, 0.15) is 0 Å². The standard InChI is InChI=1S/C21H28N2O/c1-16-11-18(13-19(12-16)21(2,3)4)20-6-5-17(14-22-20)15-23-7-9-24-10-8-23/h5-6,11-14H,7-10,15H2,1-4H3. The molecule has 0 radical (unpaired) electrons. The van der Waals surface area contributed by atoms with Crippen molar-refractivity contribution < 1.29 is 4.74 Å². The number of aromatic nitrogens is 1. The maximum atomic E-state index is 5.41. The molecule has 1 aliphatic heterocycles. The van der Waals surface area contributed by atoms with Crippen molar-refractivity contribution in [3.8, 4) is 11.3 Å². The number of morpholine rings is 1. The van der Waals surface area contributed by atoms with Crippen molar-refractivity contribution in [3.05, 3.63) is 53.2 Å². The number of aryl methyl sites for hydroxylation is 1. The zero-order valence-electron chi connectivity index (χ0n) is 15.3. The molecule has 3 nitrogen and oxygen atoms in total. The van der Waals surface area contributed by atoms with Crippen LogP contribution in [0.1, 0.15) is 37.5 Å². The Morgan fingerprint density at radius 2 is 1.83 bits per heavy atom. The van der Waals surface area contributed by atoms with Crippen LogP contribution >= 0.6 is 0 Å². The first-order valence-corrected chi connectivity index (χ1v) is 8.79. The number of hydrogen-bond donors (Lipinski definition) is 0. The summed E-state index contributed by atoms with van der Waals surface area (Å²) in [5, 5.41) is 0. The molecule has 2 aromatic rings. The fourth-order valence-corrected chi connectivity index (χ4v) is 3.07. The predicted octanol–water partition coefficient (Wildman–Crippen LogP) is 4.19. The number of nitrogens with zero attached hydrogens (tertiary/aromatic N) is 2. The second-order valence-corrected chi connectivity index (χ2v) is 7.78. The van der Waals surface area contributed by atoms with Crippen molar-refractivity contribution in [2.75, 3.05) is 26.3 Å². The maximum absolute atomic E-state index is 5.41. The van der Waals surface area contributed by atoms with Crippen LogP contribution in [0.3, 0.4) is 0 Å². The van der Waals surface area contributed by atoms with Crippen LogP contribution in [-0.2, 0) is 16.7 Å². The van der Waals surface area contributed by atoms with E-state index < -0.39 is 0 Å². The molecule has 2 heterocycles. The number of pyridine rings is 1. The van der Waals surface area contributed by atoms with Gasteiger partial charge in [-0.15, -0.1) is 0 Å². The Kier molecular flexibility index (Phi) is 5.02. The largest absolute Gasteiger partial charge is 0.379 e. The van der Waals surface area contributed by atoms with Crippen molar-refractivity contribution >= 4 is 0 Å². The lowest BCUT2D eigenvalue weighted by Gasteiger charge is -2.26. The van der Waals surface area contributed by atoms with Gasteiger partial charge in [-0.3, -0.25) is 9.88 Å². The van der Waals surface area contributed by atoms with E-state index in [4.69, 9.17) is 9.72 Å². The summed E-state index contributed by atoms with van der Waals surface area (Å²) in [5.41, 5.74) is 6.32. The summed E-state index contributed by atoms with van der Waals surface area (Å²) in [5.74, 6) is 0. The van der Waals surface area contributed by atoms with Crippen molar-refractivity contribution in [2.45, 2.75) is 39.7 Å². The van der Waals surface area contributed by atoms with Crippen LogP contribution in [0.25, 0.3) is 11.3 Å². The molecule has 0 saturated carbocycles. The van der Waals surface area contributed by atoms with Gasteiger partial charge in [-0.2, -0.15) is 0 Å². The summed E-state index contributed by atoms with van der Waals surface area (Å²) in [6.07, 6.45) is 2.02. The first-order valence-electron chi connectivity index (χ1n) is 8.79. The van der Waals surface area contributed by atoms with Gasteiger partial charge < -0.3 is 4.74 Å². The van der Waals surface area contributed by atoms with Gasteiger partial charge in [-0.25, -0.2) is 0 Å². The molecule has 0 aliphatic carbocycles. The van der Waals surface area contributed by atoms with Gasteiger partial charge in [0, 0.05) is 31.4 Å². The van der Waals surface area contributed by atoms with Crippen LogP contribution < -0.4 is 0 Å². The zero-order chi connectivity index (χ0) is 17.2. The van der Waals surface area contributed by atoms with E-state index in [0.717, 1.165) is 38.5 Å². The van der Waals surface area contributed by atoms with E-state index >= 15 is 0 Å². The summed E-state index contributed by atoms with van der Waals surface area (Å²) in [4.78, 5) is 7.14. The molecule has 0 bridgehead atoms. The van der Waals surface area contributed by atoms with Crippen LogP contribution in [0, 0.1) is 6.92 Å². The van der Waals surface area contributed by atoms with E-state index in [1.54, 1.807) is 0 Å². The Morgan fingerprint density at radius 3 is 2.46 bits per heavy atom. The van der Waals surface area contributed by atoms with Crippen LogP contribution in [0.4, 0.5) is 0 Å². The Morgan fingerprint density at radius 1 is 1.08 bits per heavy atom. The topological polar surface area (TPSA) is 25.4 Å². The molecule has 1 fully saturated rings. The molecule has 3 rings (SSSR count). The van der Waals surface area contributed by atoms with Gasteiger partial charge in [-0.1, -0.05) is 38.5 Å². The van der Waals surface area contributed by atoms with Crippen molar-refractivity contribution in [2.24, 2.45) is 0 Å². The number of benzene rings is 1. The van der Waals surface area contributed by atoms with E-state index in [9.17, 15) is 0 Å². The zero-order valence-corrected chi connectivity index (χ0v) is 15.3. The van der Waals surface area contributed by atoms with Gasteiger partial charge in [0.15, 0.2) is 0 Å². The van der Waals surface area contributed by atoms with Gasteiger partial charge in [0.25, 0.3) is 0 Å². The Bertz CT molecular complexity index is 680. The lowest BCUT2D eigenvalue weighted by Crippen LogP contribution is -2.35. The SMILES string of the molecule is Cc1cc(-c2ccc(CN3CCOCC3)cn2)cc(C(C)(C)C)c1. The average molecular weight is 324 g/mol. The lowest BCUT2D eigenvalue weighted by atomic mass is 9.85. The minimum atomic E-state index is 0.150. The van der Waals surface area contributed by atoms with E-state index in [-0.39, 0.29) is 5.41 Å². The Labute approximate surface area is 145 Å². The highest BCUT2D eigenvalue weighted by Crippen LogP contribution is 2.28. The van der Waals surface area contributed by atoms with Crippen molar-refractivity contribution in [1.29, 1.82) is 0 Å². The van der Waals surface area contributed by atoms with Crippen LogP contribution in [0.15, 0.2) is 36.5 Å². The van der Waals surface area contributed by atoms with Gasteiger partial charge >= 0.3 is 0 Å². The molecule has 1 aliphatic rings. The third-order valence-electron chi connectivity index (χ3n) is 4.57. The molecular formula is C21H28N2O. The monoisotopic (exact) mass is 324 g/mol. The molecular weight excluding hydrogens is 296 g/mol. The molecule has 3 heteroatoms. The van der Waals surface area contributed by atoms with Crippen LogP contribution in [0.5, 0.6) is 0 Å². The molecule has 128 valence electrons. The Balaban J connectivity index is 1.79. The second-order valence-electron chi connectivity index (χ2n) is 7.78. The fourth-order valence-electron chi connectivity index (χ4n) is 3.07. The highest BCUT2D eigenvalue weighted by molar-refractivity contribution is 5.62. The number of rotatable bonds is 3. The molecule has 1 saturated heterocycles. The summed E-state index contributed by atoms with van der Waals surface area (Å²) in [6, 6.07) is 11.1. The number of ether oxygens (including phenoxy) is 1. The van der Waals surface area contributed by atoms with Crippen LogP contribution in [0.2, 0.25) is 0 Å². The third-order valence-corrected chi connectivity index (χ3v) is 4.57. The Hall–Kier alpha value is -1.71. The van der Waals surface area contributed by atoms with Crippen molar-refractivity contribution in [1.82, 2.24) is 9.88 Å². The van der Waals surface area contributed by atoms with Gasteiger partial charge in [-0.05, 0) is 41.7 Å². The van der Waals surface area contributed by atoms with Crippen LogP contribution in [-0.4, -0.2) is 36.2 Å². The smallest absolute Gasteiger partial charge is 0.0702 e. The maximum Gasteiger partial charge on any atom is 0.0702 e. The minimum Gasteiger partial charge on any atom is -0.379 e. The lowest BCUT2D eigenvalue weighted by molar-refractivity contribution is 0.0341. The van der Waals surface area contributed by atoms with E-state index in [2.05, 4.69) is 62.9 Å². The molecule has 1 aromatic carbocycles. The normalized spacial score (nSPS) is 16.3. The molecule has 0 amide bonds. The van der Waals surface area contributed by atoms with Gasteiger partial charge in [0.05, 0.1) is 18.9 Å². The highest BCUT2D eigenvalue weighted by atomic mass is 16.5. The molecule has 24 heavy (non-hydrogen) atoms. The molecule has 0 atom stereocenters. The van der Waals surface area contributed by atoms with E-state index in [1.807, 2.05) is 6.20 Å². The molecule has 0 N–H and O–H groups in total. The summed E-state index contributed by atoms with van der Waals surface area (Å²) in [6.45, 7) is 13.6. The average Bonchev–Trinajstić information content (AvgIpc) is 2.55. The van der Waals surface area contributed by atoms with Gasteiger partial charge in [0.2, 0.25) is 0 Å². The second kappa shape index (κ2) is 7.04. The predicted molar refractivity (Wildman–Crippen MR) is 99.2 cm³/mol. The van der Waals surface area contributed by atoms with E-state index in [1.165, 1.54) is 22.3 Å². The first-order chi connectivity index (χ1) is 11.4. The minimum absolute atomic E-state index is 0.150. The van der Waals surface area contributed by atoms with Crippen molar-refractivity contribution in [3.63, 3.8) is 0 Å². The summed E-state index contributed by atoms with van der Waals surface area (Å²) < 4.78 is 5.41. The molecule has 0 unspecified atom stereocenters. The molecule has 0 spiro atoms. The summed E-state index contributed by atoms with van der Waals surface area (Å²) >= 11 is 0. The quantitative estimate of drug-likeness (QED) is 0.846. The third kappa shape index (κ3) is 4.22. The number of hydrogen-bond acceptors (Lipinski definition) is 3. The first kappa shape index (κ1) is 17.1. The summed E-state index contributed by atoms with van der Waals surface area (Å²) in [7, 11) is 0. The highest BCUT2D eigenvalue weighted by Gasteiger charge is 2.16. The fraction of sp³-hybridized carbons (Fsp3) is 0.476.